The maximum absolute atomic E-state index is 13.1. The number of hydrogen-bond acceptors (Lipinski definition) is 6. The molecule has 7 heteroatoms. The molecule has 3 aromatic rings. The third kappa shape index (κ3) is 4.43. The SMILES string of the molecule is COc1cccc(C#N)c1CC(=O)N1CCC2(CC1)CN(C1CCc3cc(-c4cc(C)ncn4)ccc31)C2. The molecular formula is C31H33N5O2. The molecule has 1 unspecified atom stereocenters. The van der Waals surface area contributed by atoms with Gasteiger partial charge in [-0.1, -0.05) is 18.2 Å². The number of carbonyl (C=O) groups is 1. The quantitative estimate of drug-likeness (QED) is 0.506. The van der Waals surface area contributed by atoms with Crippen molar-refractivity contribution in [2.75, 3.05) is 33.3 Å². The molecule has 0 radical (unpaired) electrons. The molecule has 1 aromatic heterocycles. The van der Waals surface area contributed by atoms with Crippen molar-refractivity contribution in [1.29, 1.82) is 5.26 Å². The highest BCUT2D eigenvalue weighted by Crippen LogP contribution is 2.48. The second kappa shape index (κ2) is 9.85. The molecule has 2 saturated heterocycles. The van der Waals surface area contributed by atoms with Gasteiger partial charge < -0.3 is 9.64 Å². The van der Waals surface area contributed by atoms with E-state index in [9.17, 15) is 10.1 Å². The molecule has 3 aliphatic rings. The van der Waals surface area contributed by atoms with E-state index >= 15 is 0 Å². The highest BCUT2D eigenvalue weighted by atomic mass is 16.5. The lowest BCUT2D eigenvalue weighted by molar-refractivity contribution is -0.136. The van der Waals surface area contributed by atoms with Crippen LogP contribution in [0, 0.1) is 23.7 Å². The maximum atomic E-state index is 13.1. The minimum atomic E-state index is 0.0800. The molecule has 38 heavy (non-hydrogen) atoms. The van der Waals surface area contributed by atoms with Crippen molar-refractivity contribution in [3.05, 3.63) is 76.7 Å². The van der Waals surface area contributed by atoms with Crippen LogP contribution in [-0.4, -0.2) is 59.0 Å². The number of fused-ring (bicyclic) bond motifs is 1. The summed E-state index contributed by atoms with van der Waals surface area (Å²) in [6.07, 6.45) is 6.21. The smallest absolute Gasteiger partial charge is 0.227 e. The molecule has 194 valence electrons. The third-order valence-corrected chi connectivity index (χ3v) is 8.78. The van der Waals surface area contributed by atoms with Crippen molar-refractivity contribution in [1.82, 2.24) is 19.8 Å². The third-order valence-electron chi connectivity index (χ3n) is 8.78. The van der Waals surface area contributed by atoms with Gasteiger partial charge in [0.05, 0.1) is 30.9 Å². The standard InChI is InChI=1S/C31H33N5O2/c1-21-14-27(34-20-33-21)23-6-8-25-22(15-23)7-9-28(25)36-18-31(19-36)10-12-35(13-11-31)30(37)16-26-24(17-32)4-3-5-29(26)38-2/h3-6,8,14-15,20,28H,7,9-13,16,18-19H2,1-2H3. The number of rotatable bonds is 5. The number of aromatic nitrogens is 2. The number of aryl methyl sites for hydroxylation is 2. The Balaban J connectivity index is 1.06. The topological polar surface area (TPSA) is 82.4 Å². The molecule has 3 heterocycles. The van der Waals surface area contributed by atoms with Gasteiger partial charge in [0.2, 0.25) is 5.91 Å². The Kier molecular flexibility index (Phi) is 6.37. The number of benzene rings is 2. The van der Waals surface area contributed by atoms with Crippen LogP contribution in [0.4, 0.5) is 0 Å². The summed E-state index contributed by atoms with van der Waals surface area (Å²) < 4.78 is 5.42. The van der Waals surface area contributed by atoms with Crippen LogP contribution in [0.15, 0.2) is 48.8 Å². The summed E-state index contributed by atoms with van der Waals surface area (Å²) in [5.41, 5.74) is 7.57. The van der Waals surface area contributed by atoms with E-state index in [1.165, 1.54) is 23.1 Å². The number of nitriles is 1. The van der Waals surface area contributed by atoms with Crippen LogP contribution >= 0.6 is 0 Å². The molecule has 0 saturated carbocycles. The lowest BCUT2D eigenvalue weighted by Gasteiger charge is -2.56. The van der Waals surface area contributed by atoms with Crippen LogP contribution in [0.5, 0.6) is 5.75 Å². The zero-order valence-corrected chi connectivity index (χ0v) is 22.1. The first-order valence-corrected chi connectivity index (χ1v) is 13.5. The number of hydrogen-bond donors (Lipinski definition) is 0. The van der Waals surface area contributed by atoms with E-state index in [0.29, 0.717) is 28.3 Å². The van der Waals surface area contributed by atoms with Gasteiger partial charge in [0.1, 0.15) is 12.1 Å². The number of piperidine rings is 1. The van der Waals surface area contributed by atoms with E-state index in [1.54, 1.807) is 25.6 Å². The first-order valence-electron chi connectivity index (χ1n) is 13.5. The van der Waals surface area contributed by atoms with Crippen LogP contribution in [-0.2, 0) is 17.6 Å². The molecule has 0 bridgehead atoms. The Morgan fingerprint density at radius 2 is 1.97 bits per heavy atom. The number of nitrogens with zero attached hydrogens (tertiary/aromatic N) is 5. The largest absolute Gasteiger partial charge is 0.496 e. The normalized spacial score (nSPS) is 20.0. The summed E-state index contributed by atoms with van der Waals surface area (Å²) >= 11 is 0. The van der Waals surface area contributed by atoms with Gasteiger partial charge in [-0.3, -0.25) is 9.69 Å². The van der Waals surface area contributed by atoms with Gasteiger partial charge in [-0.2, -0.15) is 5.26 Å². The Labute approximate surface area is 224 Å². The highest BCUT2D eigenvalue weighted by Gasteiger charge is 2.48. The minimum Gasteiger partial charge on any atom is -0.496 e. The molecule has 2 aromatic carbocycles. The summed E-state index contributed by atoms with van der Waals surface area (Å²) in [4.78, 5) is 26.4. The van der Waals surface area contributed by atoms with E-state index in [-0.39, 0.29) is 12.3 Å². The van der Waals surface area contributed by atoms with Gasteiger partial charge in [0, 0.05) is 49.0 Å². The summed E-state index contributed by atoms with van der Waals surface area (Å²) in [7, 11) is 1.58. The van der Waals surface area contributed by atoms with Crippen molar-refractivity contribution in [3.8, 4) is 23.1 Å². The second-order valence-electron chi connectivity index (χ2n) is 11.1. The second-order valence-corrected chi connectivity index (χ2v) is 11.1. The van der Waals surface area contributed by atoms with Crippen molar-refractivity contribution in [2.24, 2.45) is 5.41 Å². The van der Waals surface area contributed by atoms with Gasteiger partial charge in [-0.05, 0) is 73.4 Å². The summed E-state index contributed by atoms with van der Waals surface area (Å²) in [6.45, 7) is 5.78. The van der Waals surface area contributed by atoms with E-state index in [2.05, 4.69) is 39.1 Å². The summed E-state index contributed by atoms with van der Waals surface area (Å²) in [5, 5.41) is 9.48. The number of likely N-dealkylation sites (tertiary alicyclic amines) is 2. The Hall–Kier alpha value is -3.76. The Morgan fingerprint density at radius 3 is 2.71 bits per heavy atom. The van der Waals surface area contributed by atoms with E-state index in [0.717, 1.165) is 56.8 Å². The average molecular weight is 508 g/mol. The van der Waals surface area contributed by atoms with Crippen LogP contribution in [0.25, 0.3) is 11.3 Å². The molecule has 1 amide bonds. The van der Waals surface area contributed by atoms with Crippen molar-refractivity contribution < 1.29 is 9.53 Å². The predicted molar refractivity (Wildman–Crippen MR) is 144 cm³/mol. The number of amides is 1. The van der Waals surface area contributed by atoms with Crippen LogP contribution in [0.2, 0.25) is 0 Å². The molecule has 1 spiro atoms. The van der Waals surface area contributed by atoms with Gasteiger partial charge in [-0.25, -0.2) is 9.97 Å². The lowest BCUT2D eigenvalue weighted by Crippen LogP contribution is -2.61. The average Bonchev–Trinajstić information content (AvgIpc) is 3.34. The van der Waals surface area contributed by atoms with Crippen molar-refractivity contribution in [2.45, 2.75) is 45.1 Å². The first kappa shape index (κ1) is 24.6. The fourth-order valence-electron chi connectivity index (χ4n) is 6.64. The summed E-state index contributed by atoms with van der Waals surface area (Å²) in [6, 6.07) is 16.9. The maximum Gasteiger partial charge on any atom is 0.227 e. The number of methoxy groups -OCH3 is 1. The van der Waals surface area contributed by atoms with Gasteiger partial charge in [0.15, 0.2) is 0 Å². The van der Waals surface area contributed by atoms with E-state index in [4.69, 9.17) is 4.74 Å². The van der Waals surface area contributed by atoms with Crippen LogP contribution in [0.1, 0.15) is 53.3 Å². The monoisotopic (exact) mass is 507 g/mol. The molecule has 6 rings (SSSR count). The van der Waals surface area contributed by atoms with Crippen molar-refractivity contribution in [3.63, 3.8) is 0 Å². The summed E-state index contributed by atoms with van der Waals surface area (Å²) in [5.74, 6) is 0.688. The zero-order chi connectivity index (χ0) is 26.3. The minimum absolute atomic E-state index is 0.0800. The van der Waals surface area contributed by atoms with Crippen molar-refractivity contribution >= 4 is 5.91 Å². The molecule has 2 fully saturated rings. The van der Waals surface area contributed by atoms with Gasteiger partial charge >= 0.3 is 0 Å². The Bertz CT molecular complexity index is 1410. The molecule has 1 aliphatic carbocycles. The van der Waals surface area contributed by atoms with E-state index < -0.39 is 0 Å². The molecule has 7 nitrogen and oxygen atoms in total. The molecular weight excluding hydrogens is 474 g/mol. The lowest BCUT2D eigenvalue weighted by atomic mass is 9.71. The van der Waals surface area contributed by atoms with Gasteiger partial charge in [0.25, 0.3) is 0 Å². The molecule has 2 aliphatic heterocycles. The van der Waals surface area contributed by atoms with Crippen LogP contribution in [0.3, 0.4) is 0 Å². The Morgan fingerprint density at radius 1 is 1.16 bits per heavy atom. The number of carbonyl (C=O) groups excluding carboxylic acids is 1. The molecule has 0 N–H and O–H groups in total. The highest BCUT2D eigenvalue weighted by molar-refractivity contribution is 5.80. The number of ether oxygens (including phenoxy) is 1. The molecule has 1 atom stereocenters. The fourth-order valence-corrected chi connectivity index (χ4v) is 6.64. The van der Waals surface area contributed by atoms with Crippen LogP contribution < -0.4 is 4.74 Å². The predicted octanol–water partition coefficient (Wildman–Crippen LogP) is 4.49. The van der Waals surface area contributed by atoms with Gasteiger partial charge in [-0.15, -0.1) is 0 Å². The zero-order valence-electron chi connectivity index (χ0n) is 22.1. The fraction of sp³-hybridized carbons (Fsp3) is 0.419. The first-order chi connectivity index (χ1) is 18.5. The van der Waals surface area contributed by atoms with E-state index in [1.807, 2.05) is 24.0 Å².